The van der Waals surface area contributed by atoms with E-state index in [4.69, 9.17) is 5.11 Å². The highest BCUT2D eigenvalue weighted by molar-refractivity contribution is 7.11. The number of rotatable bonds is 3. The molecule has 2 heterocycles. The number of hydrogen-bond donors (Lipinski definition) is 1. The first-order chi connectivity index (χ1) is 7.29. The third-order valence-electron chi connectivity index (χ3n) is 2.91. The second-order valence-electron chi connectivity index (χ2n) is 4.17. The van der Waals surface area contributed by atoms with Crippen LogP contribution in [0.2, 0.25) is 0 Å². The highest BCUT2D eigenvalue weighted by Gasteiger charge is 2.22. The van der Waals surface area contributed by atoms with Crippen LogP contribution < -0.4 is 0 Å². The van der Waals surface area contributed by atoms with Gasteiger partial charge in [0, 0.05) is 30.1 Å². The van der Waals surface area contributed by atoms with Crippen molar-refractivity contribution in [1.82, 2.24) is 9.88 Å². The second-order valence-corrected chi connectivity index (χ2v) is 5.44. The summed E-state index contributed by atoms with van der Waals surface area (Å²) in [6.45, 7) is 5.37. The first-order valence-corrected chi connectivity index (χ1v) is 6.37. The van der Waals surface area contributed by atoms with E-state index in [1.807, 2.05) is 17.5 Å². The quantitative estimate of drug-likeness (QED) is 0.851. The van der Waals surface area contributed by atoms with Gasteiger partial charge in [-0.05, 0) is 26.3 Å². The molecule has 84 valence electrons. The van der Waals surface area contributed by atoms with Crippen molar-refractivity contribution >= 4 is 11.3 Å². The Kier molecular flexibility index (Phi) is 3.72. The smallest absolute Gasteiger partial charge is 0.0971 e. The van der Waals surface area contributed by atoms with Gasteiger partial charge in [-0.2, -0.15) is 0 Å². The van der Waals surface area contributed by atoms with Gasteiger partial charge in [-0.1, -0.05) is 0 Å². The molecule has 1 N–H and O–H groups in total. The van der Waals surface area contributed by atoms with E-state index in [1.54, 1.807) is 0 Å². The van der Waals surface area contributed by atoms with Crippen LogP contribution in [-0.4, -0.2) is 41.2 Å². The monoisotopic (exact) mass is 226 g/mol. The molecule has 4 heteroatoms. The van der Waals surface area contributed by atoms with Crippen molar-refractivity contribution in [2.75, 3.05) is 26.2 Å². The summed E-state index contributed by atoms with van der Waals surface area (Å²) in [5.41, 5.74) is 0. The third-order valence-corrected chi connectivity index (χ3v) is 3.99. The number of nitrogens with zero attached hydrogens (tertiary/aromatic N) is 2. The van der Waals surface area contributed by atoms with Gasteiger partial charge >= 0.3 is 0 Å². The summed E-state index contributed by atoms with van der Waals surface area (Å²) in [7, 11) is 0. The summed E-state index contributed by atoms with van der Waals surface area (Å²) in [6.07, 6.45) is 4.43. The molecule has 1 fully saturated rings. The van der Waals surface area contributed by atoms with E-state index in [2.05, 4.69) is 16.8 Å². The Morgan fingerprint density at radius 2 is 2.53 bits per heavy atom. The summed E-state index contributed by atoms with van der Waals surface area (Å²) in [6, 6.07) is 0. The van der Waals surface area contributed by atoms with Crippen molar-refractivity contribution in [3.8, 4) is 0 Å². The highest BCUT2D eigenvalue weighted by atomic mass is 32.1. The fourth-order valence-corrected chi connectivity index (χ4v) is 3.06. The number of aliphatic hydroxyl groups is 1. The number of piperidine rings is 1. The van der Waals surface area contributed by atoms with Crippen molar-refractivity contribution in [3.63, 3.8) is 0 Å². The van der Waals surface area contributed by atoms with Gasteiger partial charge in [0.05, 0.1) is 11.6 Å². The third kappa shape index (κ3) is 2.77. The van der Waals surface area contributed by atoms with E-state index in [1.165, 1.54) is 22.7 Å². The average Bonchev–Trinajstić information content (AvgIpc) is 2.66. The zero-order chi connectivity index (χ0) is 10.7. The molecule has 3 nitrogen and oxygen atoms in total. The number of hydrogen-bond acceptors (Lipinski definition) is 4. The molecule has 15 heavy (non-hydrogen) atoms. The summed E-state index contributed by atoms with van der Waals surface area (Å²) >= 11 is 1.81. The Hall–Kier alpha value is -0.450. The molecule has 0 unspecified atom stereocenters. The minimum atomic E-state index is 0.267. The van der Waals surface area contributed by atoms with Crippen LogP contribution in [0.4, 0.5) is 0 Å². The number of β-amino-alcohol motifs (C(OH)–C–C–N with tert-alkyl or cyclic N) is 1. The zero-order valence-electron chi connectivity index (χ0n) is 9.15. The van der Waals surface area contributed by atoms with Crippen LogP contribution in [0.1, 0.15) is 28.6 Å². The molecule has 0 saturated carbocycles. The lowest BCUT2D eigenvalue weighted by atomic mass is 9.99. The van der Waals surface area contributed by atoms with Crippen molar-refractivity contribution in [2.24, 2.45) is 0 Å². The van der Waals surface area contributed by atoms with Gasteiger partial charge in [-0.15, -0.1) is 11.3 Å². The van der Waals surface area contributed by atoms with Gasteiger partial charge < -0.3 is 10.0 Å². The molecular formula is C11H18N2OS. The van der Waals surface area contributed by atoms with E-state index in [0.29, 0.717) is 5.92 Å². The van der Waals surface area contributed by atoms with Crippen molar-refractivity contribution in [1.29, 1.82) is 0 Å². The minimum Gasteiger partial charge on any atom is -0.395 e. The number of aliphatic hydroxyl groups excluding tert-OH is 1. The molecule has 0 spiro atoms. The van der Waals surface area contributed by atoms with Crippen molar-refractivity contribution < 1.29 is 5.11 Å². The largest absolute Gasteiger partial charge is 0.395 e. The first kappa shape index (κ1) is 11.0. The van der Waals surface area contributed by atoms with Gasteiger partial charge in [0.2, 0.25) is 0 Å². The predicted octanol–water partition coefficient (Wildman–Crippen LogP) is 1.62. The molecule has 0 aromatic carbocycles. The molecule has 1 saturated heterocycles. The zero-order valence-corrected chi connectivity index (χ0v) is 9.96. The molecule has 0 radical (unpaired) electrons. The van der Waals surface area contributed by atoms with Gasteiger partial charge in [-0.25, -0.2) is 4.98 Å². The molecule has 1 aromatic heterocycles. The van der Waals surface area contributed by atoms with Crippen LogP contribution in [0.25, 0.3) is 0 Å². The Labute approximate surface area is 94.8 Å². The van der Waals surface area contributed by atoms with Gasteiger partial charge in [0.1, 0.15) is 0 Å². The molecule has 1 aliphatic heterocycles. The lowest BCUT2D eigenvalue weighted by molar-refractivity contribution is 0.161. The summed E-state index contributed by atoms with van der Waals surface area (Å²) < 4.78 is 0. The van der Waals surface area contributed by atoms with Crippen LogP contribution in [0.5, 0.6) is 0 Å². The van der Waals surface area contributed by atoms with E-state index >= 15 is 0 Å². The van der Waals surface area contributed by atoms with Crippen LogP contribution in [0.3, 0.4) is 0 Å². The fourth-order valence-electron chi connectivity index (χ4n) is 2.16. The van der Waals surface area contributed by atoms with Gasteiger partial charge in [-0.3, -0.25) is 0 Å². The lowest BCUT2D eigenvalue weighted by Crippen LogP contribution is -2.36. The molecule has 2 rings (SSSR count). The topological polar surface area (TPSA) is 36.4 Å². The molecule has 1 atom stereocenters. The van der Waals surface area contributed by atoms with Crippen LogP contribution in [0, 0.1) is 6.92 Å². The van der Waals surface area contributed by atoms with E-state index < -0.39 is 0 Å². The Balaban J connectivity index is 1.98. The van der Waals surface area contributed by atoms with Crippen molar-refractivity contribution in [2.45, 2.75) is 25.7 Å². The maximum atomic E-state index is 8.92. The van der Waals surface area contributed by atoms with Crippen molar-refractivity contribution in [3.05, 3.63) is 16.1 Å². The SMILES string of the molecule is Cc1cnc([C@H]2CCCN(CCO)C2)s1. The van der Waals surface area contributed by atoms with E-state index in [0.717, 1.165) is 19.6 Å². The molecule has 1 aliphatic rings. The molecule has 0 aliphatic carbocycles. The normalized spacial score (nSPS) is 23.2. The summed E-state index contributed by atoms with van der Waals surface area (Å²) in [5, 5.41) is 10.2. The maximum Gasteiger partial charge on any atom is 0.0971 e. The molecular weight excluding hydrogens is 208 g/mol. The van der Waals surface area contributed by atoms with E-state index in [9.17, 15) is 0 Å². The van der Waals surface area contributed by atoms with Gasteiger partial charge in [0.25, 0.3) is 0 Å². The average molecular weight is 226 g/mol. The Morgan fingerprint density at radius 1 is 1.67 bits per heavy atom. The standard InChI is InChI=1S/C11H18N2OS/c1-9-7-12-11(15-9)10-3-2-4-13(8-10)5-6-14/h7,10,14H,2-6,8H2,1H3/t10-/m0/s1. The second kappa shape index (κ2) is 5.05. The lowest BCUT2D eigenvalue weighted by Gasteiger charge is -2.31. The molecule has 0 bridgehead atoms. The number of likely N-dealkylation sites (tertiary alicyclic amines) is 1. The summed E-state index contributed by atoms with van der Waals surface area (Å²) in [5.74, 6) is 0.587. The molecule has 1 aromatic rings. The highest BCUT2D eigenvalue weighted by Crippen LogP contribution is 2.29. The first-order valence-electron chi connectivity index (χ1n) is 5.55. The number of aryl methyl sites for hydroxylation is 1. The molecule has 0 amide bonds. The Bertz CT molecular complexity index is 311. The van der Waals surface area contributed by atoms with E-state index in [-0.39, 0.29) is 6.61 Å². The predicted molar refractivity (Wildman–Crippen MR) is 62.4 cm³/mol. The number of aromatic nitrogens is 1. The van der Waals surface area contributed by atoms with Gasteiger partial charge in [0.15, 0.2) is 0 Å². The summed E-state index contributed by atoms with van der Waals surface area (Å²) in [4.78, 5) is 8.10. The number of thiazole rings is 1. The maximum absolute atomic E-state index is 8.92. The van der Waals surface area contributed by atoms with Crippen LogP contribution in [0.15, 0.2) is 6.20 Å². The fraction of sp³-hybridized carbons (Fsp3) is 0.727. The Morgan fingerprint density at radius 3 is 3.20 bits per heavy atom. The van der Waals surface area contributed by atoms with Crippen LogP contribution >= 0.6 is 11.3 Å². The minimum absolute atomic E-state index is 0.267. The van der Waals surface area contributed by atoms with Crippen LogP contribution in [-0.2, 0) is 0 Å².